The van der Waals surface area contributed by atoms with Crippen molar-refractivity contribution in [2.45, 2.75) is 158 Å². The fourth-order valence-electron chi connectivity index (χ4n) is 15.3. The Balaban J connectivity index is 0.851. The van der Waals surface area contributed by atoms with Crippen LogP contribution in [0.25, 0.3) is 10.8 Å². The number of nitrogens with two attached hydrogens (primary N) is 1. The molecule has 344 valence electrons. The fraction of sp³-hybridized carbons (Fsp3) is 0.661. The van der Waals surface area contributed by atoms with Crippen LogP contribution in [0, 0.1) is 64.1 Å². The molecule has 6 N–H and O–H groups in total. The molecule has 0 amide bonds. The Morgan fingerprint density at radius 3 is 2.61 bits per heavy atom. The summed E-state index contributed by atoms with van der Waals surface area (Å²) >= 11 is 0. The predicted octanol–water partition coefficient (Wildman–Crippen LogP) is 9.69. The van der Waals surface area contributed by atoms with E-state index >= 15 is 0 Å². The second-order valence-electron chi connectivity index (χ2n) is 22.8. The number of aliphatic imine (C=N–C) groups is 1. The summed E-state index contributed by atoms with van der Waals surface area (Å²) in [4.78, 5) is 5.14. The van der Waals surface area contributed by atoms with Gasteiger partial charge in [-0.05, 0) is 163 Å². The molecule has 10 rings (SSSR count). The molecule has 3 heterocycles. The zero-order valence-electron chi connectivity index (χ0n) is 39.0. The number of allylic oxidation sites excluding steroid dienone is 1. The second-order valence-corrected chi connectivity index (χ2v) is 22.8. The van der Waals surface area contributed by atoms with Gasteiger partial charge in [0.25, 0.3) is 0 Å². The average molecular weight is 869 g/mol. The molecule has 0 unspecified atom stereocenters. The molecule has 15 atom stereocenters. The maximum Gasteiger partial charge on any atom is 0.188 e. The van der Waals surface area contributed by atoms with Crippen molar-refractivity contribution in [3.05, 3.63) is 84.3 Å². The topological polar surface area (TPSA) is 129 Å². The van der Waals surface area contributed by atoms with Gasteiger partial charge in [-0.25, -0.2) is 0 Å². The fourth-order valence-corrected chi connectivity index (χ4v) is 15.3. The molecule has 7 aliphatic rings. The highest BCUT2D eigenvalue weighted by atomic mass is 16.6. The minimum absolute atomic E-state index is 0.0389. The molecule has 64 heavy (non-hydrogen) atoms. The van der Waals surface area contributed by atoms with Gasteiger partial charge in [0.1, 0.15) is 0 Å². The Kier molecular flexibility index (Phi) is 12.1. The molecule has 1 spiro atoms. The predicted molar refractivity (Wildman–Crippen MR) is 256 cm³/mol. The first kappa shape index (κ1) is 44.2. The molecule has 5 aliphatic carbocycles. The van der Waals surface area contributed by atoms with Gasteiger partial charge in [0.05, 0.1) is 48.4 Å². The van der Waals surface area contributed by atoms with Crippen molar-refractivity contribution in [1.82, 2.24) is 10.6 Å². The first-order valence-corrected chi connectivity index (χ1v) is 25.3. The summed E-state index contributed by atoms with van der Waals surface area (Å²) in [5.74, 6) is 11.5. The van der Waals surface area contributed by atoms with Crippen LogP contribution in [-0.2, 0) is 11.2 Å². The van der Waals surface area contributed by atoms with Crippen LogP contribution in [0.5, 0.6) is 0 Å². The lowest BCUT2D eigenvalue weighted by Crippen LogP contribution is -2.52. The van der Waals surface area contributed by atoms with Gasteiger partial charge in [-0.3, -0.25) is 4.99 Å². The maximum atomic E-state index is 11.4. The molecular weight excluding hydrogens is 793 g/mol. The molecule has 1 saturated heterocycles. The van der Waals surface area contributed by atoms with Crippen LogP contribution in [0.15, 0.2) is 82.6 Å². The summed E-state index contributed by atoms with van der Waals surface area (Å²) in [5.41, 5.74) is 10.6. The third kappa shape index (κ3) is 8.50. The van der Waals surface area contributed by atoms with Crippen LogP contribution in [0.1, 0.15) is 134 Å². The number of guanidine groups is 1. The molecule has 8 nitrogen and oxygen atoms in total. The number of epoxide rings is 1. The number of ether oxygens (including phenoxy) is 1. The number of hydrogen-bond acceptors (Lipinski definition) is 8. The number of nitrogens with zero attached hydrogens (tertiary/aromatic N) is 1. The molecule has 0 bridgehead atoms. The monoisotopic (exact) mass is 869 g/mol. The molecule has 2 aromatic carbocycles. The lowest BCUT2D eigenvalue weighted by Gasteiger charge is -2.58. The van der Waals surface area contributed by atoms with Crippen LogP contribution in [0.4, 0.5) is 0 Å². The van der Waals surface area contributed by atoms with E-state index in [1.54, 1.807) is 0 Å². The third-order valence-electron chi connectivity index (χ3n) is 18.8. The Morgan fingerprint density at radius 1 is 0.938 bits per heavy atom. The Morgan fingerprint density at radius 2 is 1.78 bits per heavy atom. The molecular formula is C56H76N4O4. The summed E-state index contributed by atoms with van der Waals surface area (Å²) in [6.07, 6.45) is 21.4. The van der Waals surface area contributed by atoms with E-state index in [-0.39, 0.29) is 46.3 Å². The highest BCUT2D eigenvalue weighted by Crippen LogP contribution is 2.69. The summed E-state index contributed by atoms with van der Waals surface area (Å²) < 4.78 is 12.5. The van der Waals surface area contributed by atoms with Gasteiger partial charge in [-0.15, -0.1) is 0 Å². The van der Waals surface area contributed by atoms with Gasteiger partial charge in [-0.2, -0.15) is 0 Å². The number of fused-ring (bicyclic) bond motifs is 4. The summed E-state index contributed by atoms with van der Waals surface area (Å²) in [6, 6.07) is 17.3. The number of aliphatic hydroxyl groups is 2. The van der Waals surface area contributed by atoms with Gasteiger partial charge in [-0.1, -0.05) is 79.4 Å². The zero-order valence-corrected chi connectivity index (χ0v) is 39.0. The first-order valence-electron chi connectivity index (χ1n) is 25.3. The van der Waals surface area contributed by atoms with Gasteiger partial charge in [0.2, 0.25) is 0 Å². The Hall–Kier alpha value is -3.61. The molecule has 6 fully saturated rings. The maximum absolute atomic E-state index is 11.4. The normalized spacial score (nSPS) is 42.2. The van der Waals surface area contributed by atoms with E-state index in [4.69, 9.17) is 26.5 Å². The van der Waals surface area contributed by atoms with Crippen molar-refractivity contribution in [2.24, 2.45) is 63.0 Å². The lowest BCUT2D eigenvalue weighted by molar-refractivity contribution is -0.0698. The quantitative estimate of drug-likeness (QED) is 0.0780. The highest BCUT2D eigenvalue weighted by molar-refractivity contribution is 5.85. The SMILES string of the molecule is C=C1C[C@@]2(CC[C@@H](CC[C@@]3(O)CCC[C@H](O)C3)C2)[C@@H]2O[C@]2(C)CC[C@@H]2[C@@H]1C[C@]2(C)[C@@H]1CC[C@H]([C@@H]2NC(N)=NC[C@@H](c3cccc4cocc34)[C@H](Cc3ccccc3)C#C[C@@H]2CNC)C1. The minimum Gasteiger partial charge on any atom is -0.471 e. The van der Waals surface area contributed by atoms with Crippen LogP contribution >= 0.6 is 0 Å². The smallest absolute Gasteiger partial charge is 0.188 e. The molecule has 0 radical (unpaired) electrons. The van der Waals surface area contributed by atoms with Gasteiger partial charge < -0.3 is 35.7 Å². The van der Waals surface area contributed by atoms with Crippen molar-refractivity contribution < 1.29 is 19.4 Å². The highest BCUT2D eigenvalue weighted by Gasteiger charge is 2.67. The summed E-state index contributed by atoms with van der Waals surface area (Å²) in [5, 5.41) is 31.2. The molecule has 3 aromatic rings. The molecule has 2 aliphatic heterocycles. The number of nitrogens with one attached hydrogen (secondary N) is 2. The van der Waals surface area contributed by atoms with Crippen molar-refractivity contribution >= 4 is 16.7 Å². The van der Waals surface area contributed by atoms with Gasteiger partial charge in [0, 0.05) is 47.0 Å². The third-order valence-corrected chi connectivity index (χ3v) is 18.8. The minimum atomic E-state index is -0.694. The van der Waals surface area contributed by atoms with E-state index in [0.29, 0.717) is 54.6 Å². The van der Waals surface area contributed by atoms with Gasteiger partial charge >= 0.3 is 0 Å². The van der Waals surface area contributed by atoms with E-state index in [9.17, 15) is 10.2 Å². The Bertz CT molecular complexity index is 2250. The number of furan rings is 1. The second kappa shape index (κ2) is 17.6. The van der Waals surface area contributed by atoms with E-state index in [0.717, 1.165) is 68.7 Å². The van der Waals surface area contributed by atoms with Crippen molar-refractivity contribution in [3.8, 4) is 11.8 Å². The van der Waals surface area contributed by atoms with Crippen molar-refractivity contribution in [1.29, 1.82) is 0 Å². The Labute approximate surface area is 383 Å². The standard InChI is InChI=1S/C56H76N4O4/c1-36-28-55(24-19-38(29-55)20-25-56(62)22-9-13-44(61)30-56)51-54(3,64-51)23-21-49-46(36)31-53(49,2)43-18-17-40(27-43)50-41(32-58-4)16-15-39(26-37-10-6-5-7-11-37)47(33-59-52(57)60-50)45-14-8-12-42-34-63-35-48(42)45/h5-8,10-12,14,34-35,38-41,43-44,46-47,49-51,58,61-62H,1,9,13,17-33H2,2-4H3,(H3,57,59,60)/t38-,39-,40-,41+,43+,44-,46+,47+,49+,50-,51+,53+,54+,55+,56-/m0/s1. The van der Waals surface area contributed by atoms with Crippen LogP contribution in [0.3, 0.4) is 0 Å². The van der Waals surface area contributed by atoms with E-state index in [1.807, 2.05) is 19.6 Å². The van der Waals surface area contributed by atoms with E-state index in [1.165, 1.54) is 68.1 Å². The largest absolute Gasteiger partial charge is 0.471 e. The number of benzene rings is 2. The van der Waals surface area contributed by atoms with Crippen molar-refractivity contribution in [3.63, 3.8) is 0 Å². The molecule has 8 heteroatoms. The van der Waals surface area contributed by atoms with Gasteiger partial charge in [0.15, 0.2) is 5.96 Å². The summed E-state index contributed by atoms with van der Waals surface area (Å²) in [6.45, 7) is 11.3. The first-order chi connectivity index (χ1) is 30.9. The number of rotatable bonds is 10. The number of aliphatic hydroxyl groups excluding tert-OH is 1. The zero-order chi connectivity index (χ0) is 44.3. The summed E-state index contributed by atoms with van der Waals surface area (Å²) in [7, 11) is 2.05. The lowest BCUT2D eigenvalue weighted by atomic mass is 9.46. The van der Waals surface area contributed by atoms with Crippen LogP contribution in [0.2, 0.25) is 0 Å². The van der Waals surface area contributed by atoms with E-state index < -0.39 is 5.60 Å². The van der Waals surface area contributed by atoms with Crippen LogP contribution in [-0.4, -0.2) is 65.8 Å². The molecule has 1 aromatic heterocycles. The van der Waals surface area contributed by atoms with Crippen molar-refractivity contribution in [2.75, 3.05) is 20.1 Å². The van der Waals surface area contributed by atoms with Crippen LogP contribution < -0.4 is 16.4 Å². The average Bonchev–Trinajstić information content (AvgIpc) is 3.73. The van der Waals surface area contributed by atoms with E-state index in [2.05, 4.69) is 84.9 Å². The molecule has 5 saturated carbocycles. The number of hydrogen-bond donors (Lipinski definition) is 5.